The summed E-state index contributed by atoms with van der Waals surface area (Å²) in [6.07, 6.45) is 3.84. The lowest BCUT2D eigenvalue weighted by Crippen LogP contribution is -2.54. The first-order chi connectivity index (χ1) is 7.64. The van der Waals surface area contributed by atoms with E-state index in [9.17, 15) is 4.79 Å². The van der Waals surface area contributed by atoms with Gasteiger partial charge < -0.3 is 10.6 Å². The Kier molecular flexibility index (Phi) is 4.75. The molecule has 1 fully saturated rings. The smallest absolute Gasteiger partial charge is 0.240 e. The first kappa shape index (κ1) is 13.0. The van der Waals surface area contributed by atoms with Gasteiger partial charge in [0.1, 0.15) is 0 Å². The third kappa shape index (κ3) is 2.96. The van der Waals surface area contributed by atoms with Crippen LogP contribution in [-0.4, -0.2) is 24.5 Å². The number of amides is 1. The maximum Gasteiger partial charge on any atom is 0.240 e. The van der Waals surface area contributed by atoms with Crippen LogP contribution in [0.3, 0.4) is 0 Å². The van der Waals surface area contributed by atoms with E-state index in [2.05, 4.69) is 23.6 Å². The molecular formula is C12H21N3O. The third-order valence-electron chi connectivity index (χ3n) is 3.14. The van der Waals surface area contributed by atoms with E-state index in [0.29, 0.717) is 6.54 Å². The molecule has 1 heterocycles. The van der Waals surface area contributed by atoms with Crippen molar-refractivity contribution in [2.24, 2.45) is 5.92 Å². The van der Waals surface area contributed by atoms with Crippen molar-refractivity contribution in [1.82, 2.24) is 10.6 Å². The largest absolute Gasteiger partial charge is 0.353 e. The van der Waals surface area contributed by atoms with Gasteiger partial charge in [-0.1, -0.05) is 13.3 Å². The Morgan fingerprint density at radius 1 is 1.69 bits per heavy atom. The fraction of sp³-hybridized carbons (Fsp3) is 0.833. The van der Waals surface area contributed by atoms with Gasteiger partial charge in [-0.05, 0) is 32.7 Å². The third-order valence-corrected chi connectivity index (χ3v) is 3.14. The number of nitriles is 1. The fourth-order valence-corrected chi connectivity index (χ4v) is 2.21. The van der Waals surface area contributed by atoms with Crippen molar-refractivity contribution >= 4 is 5.91 Å². The maximum atomic E-state index is 12.1. The zero-order valence-corrected chi connectivity index (χ0v) is 10.2. The van der Waals surface area contributed by atoms with Crippen LogP contribution in [0.5, 0.6) is 0 Å². The van der Waals surface area contributed by atoms with Crippen molar-refractivity contribution in [3.63, 3.8) is 0 Å². The minimum Gasteiger partial charge on any atom is -0.353 e. The van der Waals surface area contributed by atoms with Crippen molar-refractivity contribution in [2.75, 3.05) is 13.1 Å². The van der Waals surface area contributed by atoms with E-state index in [1.807, 2.05) is 6.92 Å². The van der Waals surface area contributed by atoms with Gasteiger partial charge in [-0.2, -0.15) is 5.26 Å². The van der Waals surface area contributed by atoms with E-state index in [1.165, 1.54) is 0 Å². The molecule has 2 unspecified atom stereocenters. The molecule has 16 heavy (non-hydrogen) atoms. The van der Waals surface area contributed by atoms with Crippen LogP contribution in [0.15, 0.2) is 0 Å². The van der Waals surface area contributed by atoms with Gasteiger partial charge in [0, 0.05) is 6.54 Å². The summed E-state index contributed by atoms with van der Waals surface area (Å²) in [5.41, 5.74) is -0.371. The van der Waals surface area contributed by atoms with Crippen molar-refractivity contribution in [3.8, 4) is 6.07 Å². The number of rotatable bonds is 5. The summed E-state index contributed by atoms with van der Waals surface area (Å²) >= 11 is 0. The second-order valence-corrected chi connectivity index (χ2v) is 4.60. The molecule has 0 aliphatic carbocycles. The van der Waals surface area contributed by atoms with E-state index < -0.39 is 0 Å². The Morgan fingerprint density at radius 3 is 2.94 bits per heavy atom. The molecule has 1 amide bonds. The highest BCUT2D eigenvalue weighted by Gasteiger charge is 2.39. The van der Waals surface area contributed by atoms with E-state index in [4.69, 9.17) is 5.26 Å². The number of carbonyl (C=O) groups excluding carboxylic acids is 1. The lowest BCUT2D eigenvalue weighted by molar-refractivity contribution is -0.127. The van der Waals surface area contributed by atoms with Gasteiger partial charge in [0.15, 0.2) is 0 Å². The molecule has 0 aromatic carbocycles. The van der Waals surface area contributed by atoms with Crippen molar-refractivity contribution < 1.29 is 4.79 Å². The molecule has 1 aliphatic rings. The first-order valence-electron chi connectivity index (χ1n) is 6.07. The Hall–Kier alpha value is -1.08. The fourth-order valence-electron chi connectivity index (χ4n) is 2.21. The quantitative estimate of drug-likeness (QED) is 0.735. The molecule has 4 nitrogen and oxygen atoms in total. The summed E-state index contributed by atoms with van der Waals surface area (Å²) in [4.78, 5) is 12.1. The predicted molar refractivity (Wildman–Crippen MR) is 62.7 cm³/mol. The second kappa shape index (κ2) is 5.86. The van der Waals surface area contributed by atoms with E-state index in [1.54, 1.807) is 0 Å². The minimum atomic E-state index is -0.371. The SMILES string of the molecule is CCCC1(C(=O)NCC(C)C#N)CCCN1. The molecule has 0 aromatic heterocycles. The number of nitrogens with one attached hydrogen (secondary N) is 2. The highest BCUT2D eigenvalue weighted by Crippen LogP contribution is 2.24. The number of nitrogens with zero attached hydrogens (tertiary/aromatic N) is 1. The molecule has 1 saturated heterocycles. The predicted octanol–water partition coefficient (Wildman–Crippen LogP) is 1.18. The topological polar surface area (TPSA) is 64.9 Å². The van der Waals surface area contributed by atoms with Crippen LogP contribution in [0.2, 0.25) is 0 Å². The Morgan fingerprint density at radius 2 is 2.44 bits per heavy atom. The number of hydrogen-bond acceptors (Lipinski definition) is 3. The highest BCUT2D eigenvalue weighted by molar-refractivity contribution is 5.86. The molecule has 0 aromatic rings. The summed E-state index contributed by atoms with van der Waals surface area (Å²) < 4.78 is 0. The molecule has 0 saturated carbocycles. The monoisotopic (exact) mass is 223 g/mol. The number of hydrogen-bond donors (Lipinski definition) is 2. The van der Waals surface area contributed by atoms with Gasteiger partial charge in [0.2, 0.25) is 5.91 Å². The average molecular weight is 223 g/mol. The van der Waals surface area contributed by atoms with Crippen LogP contribution < -0.4 is 10.6 Å². The Labute approximate surface area is 97.4 Å². The first-order valence-corrected chi connectivity index (χ1v) is 6.07. The molecule has 2 atom stereocenters. The molecule has 90 valence electrons. The highest BCUT2D eigenvalue weighted by atomic mass is 16.2. The zero-order chi connectivity index (χ0) is 12.0. The van der Waals surface area contributed by atoms with Crippen LogP contribution in [-0.2, 0) is 4.79 Å². The summed E-state index contributed by atoms with van der Waals surface area (Å²) in [6.45, 7) is 5.27. The van der Waals surface area contributed by atoms with E-state index in [-0.39, 0.29) is 17.4 Å². The van der Waals surface area contributed by atoms with Gasteiger partial charge in [-0.3, -0.25) is 4.79 Å². The summed E-state index contributed by atoms with van der Waals surface area (Å²) in [5.74, 6) is -0.0574. The normalized spacial score (nSPS) is 26.1. The molecule has 1 aliphatic heterocycles. The molecule has 2 N–H and O–H groups in total. The summed E-state index contributed by atoms with van der Waals surface area (Å²) in [5, 5.41) is 14.9. The second-order valence-electron chi connectivity index (χ2n) is 4.60. The molecule has 0 spiro atoms. The molecule has 4 heteroatoms. The van der Waals surface area contributed by atoms with E-state index >= 15 is 0 Å². The van der Waals surface area contributed by atoms with Crippen LogP contribution >= 0.6 is 0 Å². The lowest BCUT2D eigenvalue weighted by Gasteiger charge is -2.28. The molecular weight excluding hydrogens is 202 g/mol. The summed E-state index contributed by atoms with van der Waals surface area (Å²) in [7, 11) is 0. The van der Waals surface area contributed by atoms with Crippen molar-refractivity contribution in [1.29, 1.82) is 5.26 Å². The van der Waals surface area contributed by atoms with Crippen LogP contribution in [0, 0.1) is 17.2 Å². The molecule has 1 rings (SSSR count). The summed E-state index contributed by atoms with van der Waals surface area (Å²) in [6, 6.07) is 2.12. The Bertz CT molecular complexity index is 276. The van der Waals surface area contributed by atoms with Gasteiger partial charge in [0.05, 0.1) is 17.5 Å². The van der Waals surface area contributed by atoms with Gasteiger partial charge >= 0.3 is 0 Å². The Balaban J connectivity index is 2.52. The molecule has 0 radical (unpaired) electrons. The minimum absolute atomic E-state index is 0.0638. The number of carbonyl (C=O) groups is 1. The van der Waals surface area contributed by atoms with Crippen LogP contribution in [0.25, 0.3) is 0 Å². The van der Waals surface area contributed by atoms with Crippen molar-refractivity contribution in [2.45, 2.75) is 45.1 Å². The van der Waals surface area contributed by atoms with Gasteiger partial charge in [-0.15, -0.1) is 0 Å². The maximum absolute atomic E-state index is 12.1. The lowest BCUT2D eigenvalue weighted by atomic mass is 9.90. The average Bonchev–Trinajstić information content (AvgIpc) is 2.75. The van der Waals surface area contributed by atoms with Crippen LogP contribution in [0.4, 0.5) is 0 Å². The van der Waals surface area contributed by atoms with Crippen LogP contribution in [0.1, 0.15) is 39.5 Å². The van der Waals surface area contributed by atoms with Gasteiger partial charge in [-0.25, -0.2) is 0 Å². The van der Waals surface area contributed by atoms with Crippen molar-refractivity contribution in [3.05, 3.63) is 0 Å². The van der Waals surface area contributed by atoms with E-state index in [0.717, 1.165) is 32.2 Å². The standard InChI is InChI=1S/C12H21N3O/c1-3-5-12(6-4-7-15-12)11(16)14-9-10(2)8-13/h10,15H,3-7,9H2,1-2H3,(H,14,16). The zero-order valence-electron chi connectivity index (χ0n) is 10.2. The molecule has 0 bridgehead atoms. The van der Waals surface area contributed by atoms with Gasteiger partial charge in [0.25, 0.3) is 0 Å².